The van der Waals surface area contributed by atoms with Gasteiger partial charge in [-0.2, -0.15) is 0 Å². The molecule has 2 saturated heterocycles. The van der Waals surface area contributed by atoms with Crippen molar-refractivity contribution in [2.45, 2.75) is 54.9 Å². The topological polar surface area (TPSA) is 286 Å². The first-order valence-electron chi connectivity index (χ1n) is 16.1. The number of aliphatic hydroxyl groups is 6. The summed E-state index contributed by atoms with van der Waals surface area (Å²) in [5.41, 5.74) is -2.13. The standard InChI is InChI=1S/C36H36O17/c1-49-21-10-14(2-8-17(21)39)3-9-23(42)53-36-32(48)28(44)22(12-37)52-35(36)26-30(46)25(34-31(47)27(43)19(41)13-50-34)29(45)24-18(40)11-20(51-33(24)26)15-4-6-16(38)7-5-15/h2-11,19,22,27-28,31-32,34-39,41,43-48H,12-13H2,1H3/b9-3+/t19-,22+,27-,28-,31+,32-,34-,35+,36+/m0/s1. The van der Waals surface area contributed by atoms with E-state index in [0.29, 0.717) is 5.56 Å². The third-order valence-corrected chi connectivity index (χ3v) is 9.15. The van der Waals surface area contributed by atoms with Crippen molar-refractivity contribution in [3.05, 3.63) is 81.5 Å². The molecule has 2 aliphatic rings. The van der Waals surface area contributed by atoms with E-state index in [1.54, 1.807) is 0 Å². The second-order valence-corrected chi connectivity index (χ2v) is 12.5. The number of hydrogen-bond acceptors (Lipinski definition) is 17. The second-order valence-electron chi connectivity index (χ2n) is 12.5. The Morgan fingerprint density at radius 2 is 1.58 bits per heavy atom. The lowest BCUT2D eigenvalue weighted by Gasteiger charge is -2.42. The fourth-order valence-corrected chi connectivity index (χ4v) is 6.36. The Bertz CT molecular complexity index is 2080. The fourth-order valence-electron chi connectivity index (χ4n) is 6.36. The minimum absolute atomic E-state index is 0.0996. The van der Waals surface area contributed by atoms with E-state index in [9.17, 15) is 60.7 Å². The number of methoxy groups -OCH3 is 1. The van der Waals surface area contributed by atoms with Crippen LogP contribution < -0.4 is 10.2 Å². The van der Waals surface area contributed by atoms with Crippen LogP contribution in [0.15, 0.2) is 63.8 Å². The van der Waals surface area contributed by atoms with Gasteiger partial charge in [0, 0.05) is 17.7 Å². The molecule has 17 heteroatoms. The van der Waals surface area contributed by atoms with Crippen LogP contribution in [0.5, 0.6) is 28.7 Å². The van der Waals surface area contributed by atoms with Crippen molar-refractivity contribution in [2.75, 3.05) is 20.3 Å². The average Bonchev–Trinajstić information content (AvgIpc) is 3.13. The van der Waals surface area contributed by atoms with Crippen molar-refractivity contribution in [3.8, 4) is 40.1 Å². The highest BCUT2D eigenvalue weighted by Gasteiger charge is 2.50. The van der Waals surface area contributed by atoms with Crippen molar-refractivity contribution in [2.24, 2.45) is 0 Å². The van der Waals surface area contributed by atoms with E-state index in [2.05, 4.69) is 0 Å². The molecule has 0 unspecified atom stereocenters. The van der Waals surface area contributed by atoms with E-state index in [-0.39, 0.29) is 28.6 Å². The zero-order valence-corrected chi connectivity index (χ0v) is 27.7. The van der Waals surface area contributed by atoms with Crippen LogP contribution >= 0.6 is 0 Å². The first-order valence-corrected chi connectivity index (χ1v) is 16.1. The third-order valence-electron chi connectivity index (χ3n) is 9.15. The van der Waals surface area contributed by atoms with Gasteiger partial charge in [-0.3, -0.25) is 4.79 Å². The number of ether oxygens (including phenoxy) is 4. The van der Waals surface area contributed by atoms with Crippen molar-refractivity contribution >= 4 is 23.0 Å². The quantitative estimate of drug-likeness (QED) is 0.0854. The molecule has 17 nitrogen and oxygen atoms in total. The molecule has 2 fully saturated rings. The van der Waals surface area contributed by atoms with E-state index >= 15 is 0 Å². The molecule has 0 amide bonds. The maximum absolute atomic E-state index is 13.8. The van der Waals surface area contributed by atoms with Gasteiger partial charge in [-0.15, -0.1) is 0 Å². The van der Waals surface area contributed by atoms with Crippen LogP contribution in [0.2, 0.25) is 0 Å². The molecular weight excluding hydrogens is 704 g/mol. The number of carbonyl (C=O) groups is 1. The average molecular weight is 741 g/mol. The Morgan fingerprint density at radius 1 is 0.868 bits per heavy atom. The van der Waals surface area contributed by atoms with Crippen LogP contribution in [-0.2, 0) is 19.0 Å². The predicted octanol–water partition coefficient (Wildman–Crippen LogP) is 0.224. The number of aromatic hydroxyl groups is 4. The van der Waals surface area contributed by atoms with Gasteiger partial charge in [0.05, 0.1) is 31.5 Å². The Kier molecular flexibility index (Phi) is 10.6. The summed E-state index contributed by atoms with van der Waals surface area (Å²) in [6, 6.07) is 10.5. The Labute approximate surface area is 299 Å². The van der Waals surface area contributed by atoms with Crippen LogP contribution in [0, 0.1) is 0 Å². The van der Waals surface area contributed by atoms with Crippen LogP contribution in [0.4, 0.5) is 0 Å². The van der Waals surface area contributed by atoms with Crippen molar-refractivity contribution < 1.29 is 79.2 Å². The van der Waals surface area contributed by atoms with Crippen LogP contribution in [0.3, 0.4) is 0 Å². The van der Waals surface area contributed by atoms with Crippen LogP contribution in [0.25, 0.3) is 28.4 Å². The first kappa shape index (κ1) is 37.5. The van der Waals surface area contributed by atoms with E-state index in [1.807, 2.05) is 0 Å². The van der Waals surface area contributed by atoms with Gasteiger partial charge in [-0.25, -0.2) is 4.79 Å². The van der Waals surface area contributed by atoms with Crippen LogP contribution in [-0.4, -0.2) is 120 Å². The molecule has 1 aromatic heterocycles. The minimum atomic E-state index is -2.02. The fraction of sp³-hybridized carbons (Fsp3) is 0.333. The maximum atomic E-state index is 13.8. The molecule has 2 aliphatic heterocycles. The molecule has 0 radical (unpaired) electrons. The largest absolute Gasteiger partial charge is 0.508 e. The third kappa shape index (κ3) is 6.99. The van der Waals surface area contributed by atoms with Gasteiger partial charge >= 0.3 is 5.97 Å². The zero-order chi connectivity index (χ0) is 38.3. The molecule has 0 aliphatic carbocycles. The smallest absolute Gasteiger partial charge is 0.331 e. The SMILES string of the molecule is COc1cc(/C=C/C(=O)O[C@@H]2[C@@H](O)[C@@H](O)[C@@H](CO)O[C@@H]2c2c(O)c([C@@H]3OC[C@H](O)[C@H](O)[C@H]3O)c(O)c3c(=O)cc(-c4ccc(O)cc4)oc23)ccc1O. The summed E-state index contributed by atoms with van der Waals surface area (Å²) in [7, 11) is 1.32. The number of fused-ring (bicyclic) bond motifs is 1. The minimum Gasteiger partial charge on any atom is -0.508 e. The zero-order valence-electron chi connectivity index (χ0n) is 27.7. The predicted molar refractivity (Wildman–Crippen MR) is 180 cm³/mol. The monoisotopic (exact) mass is 740 g/mol. The summed E-state index contributed by atoms with van der Waals surface area (Å²) in [6.45, 7) is -1.49. The van der Waals surface area contributed by atoms with Crippen molar-refractivity contribution in [1.29, 1.82) is 0 Å². The number of carbonyl (C=O) groups excluding carboxylic acids is 1. The second kappa shape index (κ2) is 15.0. The van der Waals surface area contributed by atoms with Gasteiger partial charge in [-0.05, 0) is 48.0 Å². The van der Waals surface area contributed by atoms with E-state index in [4.69, 9.17) is 23.4 Å². The van der Waals surface area contributed by atoms with Crippen molar-refractivity contribution in [3.63, 3.8) is 0 Å². The van der Waals surface area contributed by atoms with Gasteiger partial charge in [0.15, 0.2) is 28.6 Å². The van der Waals surface area contributed by atoms with Gasteiger partial charge in [0.25, 0.3) is 0 Å². The lowest BCUT2D eigenvalue weighted by molar-refractivity contribution is -0.239. The molecule has 0 spiro atoms. The summed E-state index contributed by atoms with van der Waals surface area (Å²) in [6.07, 6.45) is -14.3. The molecule has 9 atom stereocenters. The van der Waals surface area contributed by atoms with E-state index < -0.39 is 113 Å². The van der Waals surface area contributed by atoms with E-state index in [1.165, 1.54) is 55.7 Å². The molecule has 4 aromatic rings. The highest BCUT2D eigenvalue weighted by atomic mass is 16.6. The number of phenols is 4. The number of phenolic OH excluding ortho intramolecular Hbond substituents is 4. The van der Waals surface area contributed by atoms with Gasteiger partial charge in [0.1, 0.15) is 77.2 Å². The number of aliphatic hydroxyl groups excluding tert-OH is 6. The van der Waals surface area contributed by atoms with E-state index in [0.717, 1.165) is 12.1 Å². The summed E-state index contributed by atoms with van der Waals surface area (Å²) in [5, 5.41) is 106. The Hall–Kier alpha value is -5.24. The highest BCUT2D eigenvalue weighted by Crippen LogP contribution is 2.51. The molecule has 0 bridgehead atoms. The van der Waals surface area contributed by atoms with Gasteiger partial charge in [-0.1, -0.05) is 6.07 Å². The number of hydrogen-bond donors (Lipinski definition) is 10. The first-order chi connectivity index (χ1) is 25.2. The molecule has 53 heavy (non-hydrogen) atoms. The summed E-state index contributed by atoms with van der Waals surface area (Å²) < 4.78 is 28.1. The van der Waals surface area contributed by atoms with Gasteiger partial charge < -0.3 is 74.4 Å². The maximum Gasteiger partial charge on any atom is 0.331 e. The summed E-state index contributed by atoms with van der Waals surface area (Å²) in [4.78, 5) is 27.0. The highest BCUT2D eigenvalue weighted by molar-refractivity contribution is 5.92. The summed E-state index contributed by atoms with van der Waals surface area (Å²) in [5.74, 6) is -3.41. The Balaban J connectivity index is 1.54. The number of benzene rings is 3. The normalized spacial score (nSPS) is 27.6. The van der Waals surface area contributed by atoms with Gasteiger partial charge in [0.2, 0.25) is 0 Å². The molecular formula is C36H36O17. The molecule has 10 N–H and O–H groups in total. The molecule has 6 rings (SSSR count). The van der Waals surface area contributed by atoms with Crippen molar-refractivity contribution in [1.82, 2.24) is 0 Å². The number of esters is 1. The molecule has 3 aromatic carbocycles. The summed E-state index contributed by atoms with van der Waals surface area (Å²) >= 11 is 0. The lowest BCUT2D eigenvalue weighted by atomic mass is 9.85. The molecule has 3 heterocycles. The Morgan fingerprint density at radius 3 is 2.26 bits per heavy atom. The molecule has 282 valence electrons. The molecule has 0 saturated carbocycles. The van der Waals surface area contributed by atoms with Crippen LogP contribution in [0.1, 0.15) is 28.9 Å². The lowest BCUT2D eigenvalue weighted by Crippen LogP contribution is -2.56. The number of rotatable bonds is 8.